The standard InChI is InChI=1S/C18H21NO5/c1-22-16-7-6-13(12-17(16)24-11-9-20)18(21)19-8-2-4-14(19)15-5-3-10-23-15/h3,5-7,10,12,14,20H,2,4,8-9,11H2,1H3/t14-/m1/s1. The number of carbonyl (C=O) groups is 1. The highest BCUT2D eigenvalue weighted by Crippen LogP contribution is 2.35. The van der Waals surface area contributed by atoms with Gasteiger partial charge in [-0.05, 0) is 43.2 Å². The first-order valence-electron chi connectivity index (χ1n) is 8.00. The molecule has 0 unspecified atom stereocenters. The maximum absolute atomic E-state index is 12.9. The van der Waals surface area contributed by atoms with Crippen LogP contribution in [0.3, 0.4) is 0 Å². The monoisotopic (exact) mass is 331 g/mol. The van der Waals surface area contributed by atoms with Crippen molar-refractivity contribution >= 4 is 5.91 Å². The highest BCUT2D eigenvalue weighted by Gasteiger charge is 2.32. The summed E-state index contributed by atoms with van der Waals surface area (Å²) in [5.74, 6) is 1.73. The minimum atomic E-state index is -0.103. The lowest BCUT2D eigenvalue weighted by Crippen LogP contribution is -2.30. The van der Waals surface area contributed by atoms with Gasteiger partial charge < -0.3 is 23.9 Å². The summed E-state index contributed by atoms with van der Waals surface area (Å²) in [6.07, 6.45) is 3.47. The molecule has 1 N–H and O–H groups in total. The van der Waals surface area contributed by atoms with Gasteiger partial charge in [0.1, 0.15) is 12.4 Å². The number of amides is 1. The van der Waals surface area contributed by atoms with Crippen LogP contribution < -0.4 is 9.47 Å². The van der Waals surface area contributed by atoms with Crippen molar-refractivity contribution in [2.75, 3.05) is 26.9 Å². The zero-order chi connectivity index (χ0) is 16.9. The summed E-state index contributed by atoms with van der Waals surface area (Å²) in [7, 11) is 1.54. The van der Waals surface area contributed by atoms with Gasteiger partial charge in [0, 0.05) is 12.1 Å². The van der Waals surface area contributed by atoms with E-state index >= 15 is 0 Å². The molecule has 0 saturated carbocycles. The maximum atomic E-state index is 12.9. The Balaban J connectivity index is 1.83. The number of ether oxygens (including phenoxy) is 2. The molecule has 1 amide bonds. The SMILES string of the molecule is COc1ccc(C(=O)N2CCC[C@@H]2c2ccco2)cc1OCCO. The van der Waals surface area contributed by atoms with Crippen LogP contribution in [0.2, 0.25) is 0 Å². The molecule has 1 saturated heterocycles. The number of nitrogens with zero attached hydrogens (tertiary/aromatic N) is 1. The minimum absolute atomic E-state index is 0.0311. The van der Waals surface area contributed by atoms with Gasteiger partial charge in [0.15, 0.2) is 11.5 Å². The normalized spacial score (nSPS) is 17.1. The summed E-state index contributed by atoms with van der Waals surface area (Å²) < 4.78 is 16.2. The molecular formula is C18H21NO5. The third-order valence-electron chi connectivity index (χ3n) is 4.14. The number of carbonyl (C=O) groups excluding carboxylic acids is 1. The summed E-state index contributed by atoms with van der Waals surface area (Å²) in [6, 6.07) is 8.80. The van der Waals surface area contributed by atoms with E-state index in [2.05, 4.69) is 0 Å². The molecule has 0 aliphatic carbocycles. The number of rotatable bonds is 6. The molecule has 2 aromatic rings. The zero-order valence-electron chi connectivity index (χ0n) is 13.6. The Kier molecular flexibility index (Phi) is 5.05. The van der Waals surface area contributed by atoms with Gasteiger partial charge in [-0.1, -0.05) is 0 Å². The summed E-state index contributed by atoms with van der Waals surface area (Å²) >= 11 is 0. The van der Waals surface area contributed by atoms with E-state index in [1.54, 1.807) is 24.5 Å². The number of hydrogen-bond donors (Lipinski definition) is 1. The largest absolute Gasteiger partial charge is 0.493 e. The first-order valence-corrected chi connectivity index (χ1v) is 8.00. The van der Waals surface area contributed by atoms with Crippen molar-refractivity contribution in [1.82, 2.24) is 4.90 Å². The Hall–Kier alpha value is -2.47. The second-order valence-corrected chi connectivity index (χ2v) is 5.61. The molecular weight excluding hydrogens is 310 g/mol. The van der Waals surface area contributed by atoms with Crippen LogP contribution in [-0.4, -0.2) is 42.8 Å². The number of hydrogen-bond acceptors (Lipinski definition) is 5. The Morgan fingerprint density at radius 1 is 1.38 bits per heavy atom. The van der Waals surface area contributed by atoms with Crippen LogP contribution in [0.5, 0.6) is 11.5 Å². The average Bonchev–Trinajstić information content (AvgIpc) is 3.29. The average molecular weight is 331 g/mol. The van der Waals surface area contributed by atoms with Gasteiger partial charge in [0.2, 0.25) is 0 Å². The van der Waals surface area contributed by atoms with E-state index < -0.39 is 0 Å². The number of aliphatic hydroxyl groups is 1. The molecule has 0 bridgehead atoms. The van der Waals surface area contributed by atoms with Crippen molar-refractivity contribution in [1.29, 1.82) is 0 Å². The summed E-state index contributed by atoms with van der Waals surface area (Å²) in [4.78, 5) is 14.7. The predicted molar refractivity (Wildman–Crippen MR) is 87.3 cm³/mol. The fraction of sp³-hybridized carbons (Fsp3) is 0.389. The van der Waals surface area contributed by atoms with Crippen molar-refractivity contribution in [3.8, 4) is 11.5 Å². The van der Waals surface area contributed by atoms with Crippen molar-refractivity contribution in [3.05, 3.63) is 47.9 Å². The fourth-order valence-electron chi connectivity index (χ4n) is 3.03. The molecule has 0 radical (unpaired) electrons. The predicted octanol–water partition coefficient (Wildman–Crippen LogP) is 2.64. The summed E-state index contributed by atoms with van der Waals surface area (Å²) in [5, 5.41) is 8.93. The molecule has 128 valence electrons. The van der Waals surface area contributed by atoms with Crippen LogP contribution in [0.25, 0.3) is 0 Å². The summed E-state index contributed by atoms with van der Waals surface area (Å²) in [5.41, 5.74) is 0.530. The van der Waals surface area contributed by atoms with E-state index in [0.717, 1.165) is 18.6 Å². The first kappa shape index (κ1) is 16.4. The first-order chi connectivity index (χ1) is 11.7. The van der Waals surface area contributed by atoms with Gasteiger partial charge in [0.05, 0.1) is 26.0 Å². The highest BCUT2D eigenvalue weighted by molar-refractivity contribution is 5.95. The van der Waals surface area contributed by atoms with E-state index in [-0.39, 0.29) is 25.2 Å². The molecule has 3 rings (SSSR count). The van der Waals surface area contributed by atoms with Crippen LogP contribution in [0.4, 0.5) is 0 Å². The highest BCUT2D eigenvalue weighted by atomic mass is 16.5. The molecule has 0 spiro atoms. The minimum Gasteiger partial charge on any atom is -0.493 e. The fourth-order valence-corrected chi connectivity index (χ4v) is 3.03. The van der Waals surface area contributed by atoms with E-state index in [1.165, 1.54) is 7.11 Å². The Morgan fingerprint density at radius 3 is 2.96 bits per heavy atom. The quantitative estimate of drug-likeness (QED) is 0.881. The second kappa shape index (κ2) is 7.40. The lowest BCUT2D eigenvalue weighted by Gasteiger charge is -2.23. The van der Waals surface area contributed by atoms with E-state index in [0.29, 0.717) is 23.6 Å². The van der Waals surface area contributed by atoms with E-state index in [9.17, 15) is 4.79 Å². The third-order valence-corrected chi connectivity index (χ3v) is 4.14. The Bertz CT molecular complexity index is 683. The van der Waals surface area contributed by atoms with Gasteiger partial charge in [-0.25, -0.2) is 0 Å². The molecule has 24 heavy (non-hydrogen) atoms. The lowest BCUT2D eigenvalue weighted by atomic mass is 10.1. The van der Waals surface area contributed by atoms with Crippen molar-refractivity contribution in [3.63, 3.8) is 0 Å². The van der Waals surface area contributed by atoms with Crippen LogP contribution in [-0.2, 0) is 0 Å². The van der Waals surface area contributed by atoms with Crippen molar-refractivity contribution in [2.45, 2.75) is 18.9 Å². The van der Waals surface area contributed by atoms with Gasteiger partial charge in [-0.15, -0.1) is 0 Å². The van der Waals surface area contributed by atoms with Crippen LogP contribution in [0, 0.1) is 0 Å². The lowest BCUT2D eigenvalue weighted by molar-refractivity contribution is 0.0719. The molecule has 1 atom stereocenters. The molecule has 2 heterocycles. The molecule has 1 fully saturated rings. The Labute approximate surface area is 140 Å². The smallest absolute Gasteiger partial charge is 0.254 e. The molecule has 1 aromatic heterocycles. The number of methoxy groups -OCH3 is 1. The van der Waals surface area contributed by atoms with Crippen LogP contribution in [0.15, 0.2) is 41.0 Å². The van der Waals surface area contributed by atoms with Gasteiger partial charge in [0.25, 0.3) is 5.91 Å². The molecule has 6 nitrogen and oxygen atoms in total. The number of aliphatic hydroxyl groups excluding tert-OH is 1. The van der Waals surface area contributed by atoms with E-state index in [1.807, 2.05) is 17.0 Å². The second-order valence-electron chi connectivity index (χ2n) is 5.61. The number of benzene rings is 1. The topological polar surface area (TPSA) is 72.1 Å². The molecule has 1 aromatic carbocycles. The number of furan rings is 1. The van der Waals surface area contributed by atoms with Crippen molar-refractivity contribution in [2.24, 2.45) is 0 Å². The maximum Gasteiger partial charge on any atom is 0.254 e. The molecule has 1 aliphatic heterocycles. The third kappa shape index (κ3) is 3.23. The van der Waals surface area contributed by atoms with E-state index in [4.69, 9.17) is 19.0 Å². The summed E-state index contributed by atoms with van der Waals surface area (Å²) in [6.45, 7) is 0.740. The van der Waals surface area contributed by atoms with Gasteiger partial charge in [-0.2, -0.15) is 0 Å². The Morgan fingerprint density at radius 2 is 2.25 bits per heavy atom. The zero-order valence-corrected chi connectivity index (χ0v) is 13.6. The molecule has 6 heteroatoms. The van der Waals surface area contributed by atoms with Crippen LogP contribution >= 0.6 is 0 Å². The van der Waals surface area contributed by atoms with Crippen molar-refractivity contribution < 1.29 is 23.8 Å². The number of likely N-dealkylation sites (tertiary alicyclic amines) is 1. The van der Waals surface area contributed by atoms with Gasteiger partial charge >= 0.3 is 0 Å². The van der Waals surface area contributed by atoms with Crippen LogP contribution in [0.1, 0.15) is 35.0 Å². The van der Waals surface area contributed by atoms with Gasteiger partial charge in [-0.3, -0.25) is 4.79 Å². The molecule has 1 aliphatic rings.